The average molecular weight is 514 g/mol. The first kappa shape index (κ1) is 22.1. The molecule has 0 unspecified atom stereocenters. The molecule has 35 heavy (non-hydrogen) atoms. The summed E-state index contributed by atoms with van der Waals surface area (Å²) in [5.74, 6) is 1.30. The zero-order valence-corrected chi connectivity index (χ0v) is 21.1. The third-order valence-corrected chi connectivity index (χ3v) is 7.69. The van der Waals surface area contributed by atoms with Crippen LogP contribution in [-0.2, 0) is 11.3 Å². The number of hydrogen-bond donors (Lipinski definition) is 0. The average Bonchev–Trinajstić information content (AvgIpc) is 3.64. The lowest BCUT2D eigenvalue weighted by Crippen LogP contribution is -2.36. The molecule has 5 aromatic heterocycles. The number of nitrogens with zero attached hydrogens (tertiary/aromatic N) is 7. The maximum Gasteiger partial charge on any atom is 0.294 e. The molecule has 1 aliphatic heterocycles. The Labute approximate surface area is 208 Å². The third kappa shape index (κ3) is 4.15. The van der Waals surface area contributed by atoms with E-state index in [1.54, 1.807) is 34.6 Å². The van der Waals surface area contributed by atoms with Crippen molar-refractivity contribution >= 4 is 38.3 Å². The van der Waals surface area contributed by atoms with Crippen LogP contribution in [0.4, 0.5) is 5.13 Å². The molecule has 0 spiro atoms. The summed E-state index contributed by atoms with van der Waals surface area (Å²) in [4.78, 5) is 13.6. The van der Waals surface area contributed by atoms with Crippen molar-refractivity contribution in [3.05, 3.63) is 35.1 Å². The van der Waals surface area contributed by atoms with Gasteiger partial charge in [0.2, 0.25) is 4.96 Å². The maximum absolute atomic E-state index is 6.26. The van der Waals surface area contributed by atoms with Crippen molar-refractivity contribution in [2.75, 3.05) is 45.4 Å². The van der Waals surface area contributed by atoms with Gasteiger partial charge in [0, 0.05) is 24.0 Å². The molecule has 0 amide bonds. The van der Waals surface area contributed by atoms with Crippen LogP contribution in [0.3, 0.4) is 0 Å². The van der Waals surface area contributed by atoms with Gasteiger partial charge in [0.1, 0.15) is 35.0 Å². The standard InChI is InChI=1S/C22H23N7O4S2/c1-13-17(24-20(34-13)27-4-6-32-7-5-27)12-33-19-8-14(30-2)10-28-18(19)9-15(25-28)16-11-29-21(23-16)35-22(26-29)31-3/h8-11H,4-7,12H2,1-3H3. The Morgan fingerprint density at radius 1 is 0.971 bits per heavy atom. The summed E-state index contributed by atoms with van der Waals surface area (Å²) in [5, 5.41) is 10.6. The molecule has 0 aliphatic carbocycles. The van der Waals surface area contributed by atoms with Crippen LogP contribution in [0.1, 0.15) is 10.6 Å². The number of methoxy groups -OCH3 is 2. The Morgan fingerprint density at radius 3 is 2.60 bits per heavy atom. The number of morpholine rings is 1. The van der Waals surface area contributed by atoms with Crippen molar-refractivity contribution in [2.24, 2.45) is 0 Å². The number of pyridine rings is 1. The van der Waals surface area contributed by atoms with Gasteiger partial charge in [-0.15, -0.1) is 16.4 Å². The van der Waals surface area contributed by atoms with E-state index < -0.39 is 0 Å². The van der Waals surface area contributed by atoms with E-state index in [9.17, 15) is 0 Å². The Morgan fingerprint density at radius 2 is 1.83 bits per heavy atom. The molecule has 11 nitrogen and oxygen atoms in total. The van der Waals surface area contributed by atoms with Gasteiger partial charge in [-0.1, -0.05) is 0 Å². The number of fused-ring (bicyclic) bond motifs is 2. The molecule has 5 aromatic rings. The van der Waals surface area contributed by atoms with Gasteiger partial charge in [0.25, 0.3) is 5.19 Å². The van der Waals surface area contributed by atoms with Gasteiger partial charge >= 0.3 is 0 Å². The van der Waals surface area contributed by atoms with E-state index in [0.29, 0.717) is 34.7 Å². The number of aromatic nitrogens is 6. The lowest BCUT2D eigenvalue weighted by molar-refractivity contribution is 0.122. The molecule has 1 fully saturated rings. The van der Waals surface area contributed by atoms with E-state index in [0.717, 1.165) is 52.5 Å². The van der Waals surface area contributed by atoms with Gasteiger partial charge in [-0.2, -0.15) is 5.10 Å². The predicted molar refractivity (Wildman–Crippen MR) is 132 cm³/mol. The molecule has 6 heterocycles. The lowest BCUT2D eigenvalue weighted by atomic mass is 10.3. The van der Waals surface area contributed by atoms with Crippen LogP contribution in [0.2, 0.25) is 0 Å². The van der Waals surface area contributed by atoms with Crippen LogP contribution in [0.15, 0.2) is 24.5 Å². The van der Waals surface area contributed by atoms with E-state index in [-0.39, 0.29) is 0 Å². The normalized spacial score (nSPS) is 14.2. The second-order valence-corrected chi connectivity index (χ2v) is 10.0. The molecule has 0 aromatic carbocycles. The first-order valence-corrected chi connectivity index (χ1v) is 12.6. The molecule has 0 atom stereocenters. The predicted octanol–water partition coefficient (Wildman–Crippen LogP) is 3.30. The first-order valence-electron chi connectivity index (χ1n) is 11.0. The van der Waals surface area contributed by atoms with Gasteiger partial charge in [0.15, 0.2) is 5.13 Å². The van der Waals surface area contributed by atoms with Crippen molar-refractivity contribution in [3.8, 4) is 28.1 Å². The number of hydrogen-bond acceptors (Lipinski definition) is 11. The van der Waals surface area contributed by atoms with Crippen LogP contribution in [0, 0.1) is 6.92 Å². The summed E-state index contributed by atoms with van der Waals surface area (Å²) in [6, 6.07) is 3.81. The summed E-state index contributed by atoms with van der Waals surface area (Å²) in [7, 11) is 3.21. The molecule has 13 heteroatoms. The topological polar surface area (TPSA) is 101 Å². The number of anilines is 1. The summed E-state index contributed by atoms with van der Waals surface area (Å²) in [5.41, 5.74) is 3.15. The summed E-state index contributed by atoms with van der Waals surface area (Å²) in [6.07, 6.45) is 3.65. The van der Waals surface area contributed by atoms with E-state index in [4.69, 9.17) is 29.0 Å². The lowest BCUT2D eigenvalue weighted by Gasteiger charge is -2.26. The molecule has 0 saturated carbocycles. The third-order valence-electron chi connectivity index (χ3n) is 5.74. The van der Waals surface area contributed by atoms with E-state index in [1.807, 2.05) is 24.5 Å². The smallest absolute Gasteiger partial charge is 0.294 e. The molecule has 1 aliphatic rings. The minimum Gasteiger partial charge on any atom is -0.495 e. The summed E-state index contributed by atoms with van der Waals surface area (Å²) in [6.45, 7) is 5.60. The Hall–Kier alpha value is -3.42. The minimum absolute atomic E-state index is 0.347. The Bertz CT molecular complexity index is 1470. The molecule has 6 rings (SSSR count). The van der Waals surface area contributed by atoms with E-state index in [1.165, 1.54) is 11.3 Å². The van der Waals surface area contributed by atoms with Crippen molar-refractivity contribution in [1.82, 2.24) is 29.2 Å². The first-order chi connectivity index (χ1) is 17.1. The molecular formula is C22H23N7O4S2. The largest absolute Gasteiger partial charge is 0.495 e. The van der Waals surface area contributed by atoms with Crippen molar-refractivity contribution < 1.29 is 18.9 Å². The van der Waals surface area contributed by atoms with Gasteiger partial charge < -0.3 is 23.8 Å². The van der Waals surface area contributed by atoms with Gasteiger partial charge in [-0.25, -0.2) is 19.0 Å². The highest BCUT2D eigenvalue weighted by Crippen LogP contribution is 2.32. The molecule has 0 bridgehead atoms. The fraction of sp³-hybridized carbons (Fsp3) is 0.364. The van der Waals surface area contributed by atoms with Gasteiger partial charge in [0.05, 0.1) is 45.5 Å². The Balaban J connectivity index is 1.29. The fourth-order valence-electron chi connectivity index (χ4n) is 3.86. The summed E-state index contributed by atoms with van der Waals surface area (Å²) < 4.78 is 25.8. The number of imidazole rings is 1. The highest BCUT2D eigenvalue weighted by molar-refractivity contribution is 7.18. The highest BCUT2D eigenvalue weighted by atomic mass is 32.1. The molecule has 0 N–H and O–H groups in total. The van der Waals surface area contributed by atoms with Crippen LogP contribution in [0.25, 0.3) is 21.9 Å². The van der Waals surface area contributed by atoms with Crippen LogP contribution in [0.5, 0.6) is 16.7 Å². The van der Waals surface area contributed by atoms with Crippen molar-refractivity contribution in [3.63, 3.8) is 0 Å². The van der Waals surface area contributed by atoms with E-state index >= 15 is 0 Å². The minimum atomic E-state index is 0.347. The maximum atomic E-state index is 6.26. The second kappa shape index (κ2) is 8.98. The van der Waals surface area contributed by atoms with Gasteiger partial charge in [-0.3, -0.25) is 0 Å². The van der Waals surface area contributed by atoms with Crippen LogP contribution < -0.4 is 19.1 Å². The number of thiazole rings is 1. The Kier molecular flexibility index (Phi) is 5.66. The van der Waals surface area contributed by atoms with Gasteiger partial charge in [-0.05, 0) is 24.3 Å². The highest BCUT2D eigenvalue weighted by Gasteiger charge is 2.19. The molecular weight excluding hydrogens is 490 g/mol. The van der Waals surface area contributed by atoms with Crippen LogP contribution >= 0.6 is 22.7 Å². The van der Waals surface area contributed by atoms with Crippen LogP contribution in [-0.4, -0.2) is 69.7 Å². The van der Waals surface area contributed by atoms with Crippen molar-refractivity contribution in [1.29, 1.82) is 0 Å². The molecule has 182 valence electrons. The zero-order chi connectivity index (χ0) is 23.9. The molecule has 1 saturated heterocycles. The fourth-order valence-corrected chi connectivity index (χ4v) is 5.52. The number of aryl methyl sites for hydroxylation is 1. The second-order valence-electron chi connectivity index (χ2n) is 7.92. The number of ether oxygens (including phenoxy) is 4. The quantitative estimate of drug-likeness (QED) is 0.324. The van der Waals surface area contributed by atoms with Crippen molar-refractivity contribution in [2.45, 2.75) is 13.5 Å². The zero-order valence-electron chi connectivity index (χ0n) is 19.4. The molecule has 0 radical (unpaired) electrons. The number of rotatable bonds is 7. The van der Waals surface area contributed by atoms with E-state index in [2.05, 4.69) is 21.9 Å². The monoisotopic (exact) mass is 513 g/mol. The SMILES string of the molecule is COc1cc(OCc2nc(N3CCOCC3)sc2C)c2cc(-c3cn4nc(OC)sc4n3)nn2c1. The summed E-state index contributed by atoms with van der Waals surface area (Å²) >= 11 is 3.06.